The highest BCUT2D eigenvalue weighted by molar-refractivity contribution is 4.98. The van der Waals surface area contributed by atoms with Crippen LogP contribution in [-0.2, 0) is 9.47 Å². The SMILES string of the molecule is CCOC(OCC)c1nc(C2CCC(C(C)C)CC2)no1. The molecular weight excluding hydrogens is 268 g/mol. The molecule has 0 radical (unpaired) electrons. The van der Waals surface area contributed by atoms with E-state index in [4.69, 9.17) is 14.0 Å². The van der Waals surface area contributed by atoms with Crippen molar-refractivity contribution in [3.05, 3.63) is 11.7 Å². The minimum Gasteiger partial charge on any atom is -0.345 e. The van der Waals surface area contributed by atoms with Crippen molar-refractivity contribution in [1.29, 1.82) is 0 Å². The molecule has 0 saturated heterocycles. The number of aromatic nitrogens is 2. The summed E-state index contributed by atoms with van der Waals surface area (Å²) >= 11 is 0. The van der Waals surface area contributed by atoms with E-state index in [-0.39, 0.29) is 0 Å². The molecule has 0 atom stereocenters. The fraction of sp³-hybridized carbons (Fsp3) is 0.875. The Morgan fingerprint density at radius 1 is 1.10 bits per heavy atom. The first kappa shape index (κ1) is 16.4. The highest BCUT2D eigenvalue weighted by atomic mass is 16.7. The minimum atomic E-state index is -0.534. The second-order valence-corrected chi connectivity index (χ2v) is 6.09. The average Bonchev–Trinajstić information content (AvgIpc) is 2.97. The van der Waals surface area contributed by atoms with Crippen LogP contribution in [0.3, 0.4) is 0 Å². The molecule has 1 aliphatic carbocycles. The molecule has 0 spiro atoms. The molecule has 0 N–H and O–H groups in total. The standard InChI is InChI=1S/C16H28N2O3/c1-5-19-16(20-6-2)15-17-14(18-21-15)13-9-7-12(8-10-13)11(3)4/h11-13,16H,5-10H2,1-4H3. The number of hydrogen-bond donors (Lipinski definition) is 0. The number of ether oxygens (including phenoxy) is 2. The summed E-state index contributed by atoms with van der Waals surface area (Å²) in [6.45, 7) is 9.59. The summed E-state index contributed by atoms with van der Waals surface area (Å²) in [5, 5.41) is 4.15. The number of nitrogens with zero attached hydrogens (tertiary/aromatic N) is 2. The lowest BCUT2D eigenvalue weighted by Crippen LogP contribution is -2.18. The molecular formula is C16H28N2O3. The molecule has 1 aliphatic rings. The van der Waals surface area contributed by atoms with Crippen LogP contribution in [0.1, 0.15) is 77.3 Å². The summed E-state index contributed by atoms with van der Waals surface area (Å²) in [5.74, 6) is 3.29. The van der Waals surface area contributed by atoms with Gasteiger partial charge in [-0.3, -0.25) is 0 Å². The van der Waals surface area contributed by atoms with Gasteiger partial charge in [0.2, 0.25) is 6.29 Å². The van der Waals surface area contributed by atoms with Crippen LogP contribution in [0.25, 0.3) is 0 Å². The third-order valence-corrected chi connectivity index (χ3v) is 4.37. The Morgan fingerprint density at radius 2 is 1.71 bits per heavy atom. The van der Waals surface area contributed by atoms with Crippen molar-refractivity contribution in [2.45, 2.75) is 65.6 Å². The molecule has 1 aromatic heterocycles. The maximum atomic E-state index is 5.50. The predicted molar refractivity (Wildman–Crippen MR) is 79.8 cm³/mol. The smallest absolute Gasteiger partial charge is 0.283 e. The lowest BCUT2D eigenvalue weighted by molar-refractivity contribution is -0.155. The summed E-state index contributed by atoms with van der Waals surface area (Å²) in [5.41, 5.74) is 0. The van der Waals surface area contributed by atoms with Crippen LogP contribution in [0.5, 0.6) is 0 Å². The maximum Gasteiger partial charge on any atom is 0.283 e. The quantitative estimate of drug-likeness (QED) is 0.710. The van der Waals surface area contributed by atoms with Gasteiger partial charge >= 0.3 is 0 Å². The molecule has 120 valence electrons. The number of rotatable bonds is 7. The van der Waals surface area contributed by atoms with Gasteiger partial charge in [0.25, 0.3) is 5.89 Å². The van der Waals surface area contributed by atoms with Gasteiger partial charge in [0, 0.05) is 19.1 Å². The van der Waals surface area contributed by atoms with Gasteiger partial charge < -0.3 is 14.0 Å². The van der Waals surface area contributed by atoms with Crippen LogP contribution in [0.2, 0.25) is 0 Å². The molecule has 0 aliphatic heterocycles. The van der Waals surface area contributed by atoms with Crippen molar-refractivity contribution in [3.8, 4) is 0 Å². The molecule has 2 rings (SSSR count). The zero-order chi connectivity index (χ0) is 15.2. The Labute approximate surface area is 127 Å². The molecule has 0 unspecified atom stereocenters. The summed E-state index contributed by atoms with van der Waals surface area (Å²) in [7, 11) is 0. The molecule has 0 amide bonds. The highest BCUT2D eigenvalue weighted by Gasteiger charge is 2.28. The van der Waals surface area contributed by atoms with Crippen molar-refractivity contribution < 1.29 is 14.0 Å². The summed E-state index contributed by atoms with van der Waals surface area (Å²) < 4.78 is 16.3. The Kier molecular flexibility index (Phi) is 6.18. The summed E-state index contributed by atoms with van der Waals surface area (Å²) in [4.78, 5) is 4.51. The van der Waals surface area contributed by atoms with E-state index in [1.54, 1.807) is 0 Å². The van der Waals surface area contributed by atoms with Crippen LogP contribution in [0.4, 0.5) is 0 Å². The van der Waals surface area contributed by atoms with E-state index in [2.05, 4.69) is 24.0 Å². The molecule has 0 bridgehead atoms. The van der Waals surface area contributed by atoms with E-state index in [9.17, 15) is 0 Å². The van der Waals surface area contributed by atoms with Crippen LogP contribution in [-0.4, -0.2) is 23.4 Å². The highest BCUT2D eigenvalue weighted by Crippen LogP contribution is 2.37. The molecule has 5 heteroatoms. The largest absolute Gasteiger partial charge is 0.345 e. The van der Waals surface area contributed by atoms with Gasteiger partial charge in [-0.05, 0) is 51.4 Å². The zero-order valence-electron chi connectivity index (χ0n) is 13.7. The lowest BCUT2D eigenvalue weighted by Gasteiger charge is -2.29. The molecule has 1 aromatic rings. The molecule has 1 saturated carbocycles. The molecule has 1 heterocycles. The van der Waals surface area contributed by atoms with Gasteiger partial charge in [-0.2, -0.15) is 4.98 Å². The maximum absolute atomic E-state index is 5.50. The Balaban J connectivity index is 1.96. The van der Waals surface area contributed by atoms with E-state index in [0.717, 1.165) is 30.5 Å². The van der Waals surface area contributed by atoms with Crippen molar-refractivity contribution in [2.75, 3.05) is 13.2 Å². The van der Waals surface area contributed by atoms with Crippen LogP contribution in [0.15, 0.2) is 4.52 Å². The van der Waals surface area contributed by atoms with E-state index < -0.39 is 6.29 Å². The van der Waals surface area contributed by atoms with E-state index in [1.807, 2.05) is 13.8 Å². The second kappa shape index (κ2) is 7.90. The van der Waals surface area contributed by atoms with Gasteiger partial charge in [0.15, 0.2) is 5.82 Å². The topological polar surface area (TPSA) is 57.4 Å². The predicted octanol–water partition coefficient (Wildman–Crippen LogP) is 4.07. The van der Waals surface area contributed by atoms with E-state index in [1.165, 1.54) is 12.8 Å². The summed E-state index contributed by atoms with van der Waals surface area (Å²) in [6.07, 6.45) is 4.28. The first-order valence-electron chi connectivity index (χ1n) is 8.22. The van der Waals surface area contributed by atoms with Crippen LogP contribution < -0.4 is 0 Å². The molecule has 0 aromatic carbocycles. The van der Waals surface area contributed by atoms with E-state index >= 15 is 0 Å². The first-order chi connectivity index (χ1) is 10.2. The molecule has 1 fully saturated rings. The Hall–Kier alpha value is -0.940. The van der Waals surface area contributed by atoms with Gasteiger partial charge in [-0.1, -0.05) is 19.0 Å². The third-order valence-electron chi connectivity index (χ3n) is 4.37. The average molecular weight is 296 g/mol. The van der Waals surface area contributed by atoms with Gasteiger partial charge in [-0.25, -0.2) is 0 Å². The first-order valence-corrected chi connectivity index (χ1v) is 8.22. The van der Waals surface area contributed by atoms with Crippen molar-refractivity contribution >= 4 is 0 Å². The Bertz CT molecular complexity index is 405. The fourth-order valence-corrected chi connectivity index (χ4v) is 3.05. The van der Waals surface area contributed by atoms with Gasteiger partial charge in [-0.15, -0.1) is 0 Å². The number of hydrogen-bond acceptors (Lipinski definition) is 5. The zero-order valence-corrected chi connectivity index (χ0v) is 13.7. The second-order valence-electron chi connectivity index (χ2n) is 6.09. The summed E-state index contributed by atoms with van der Waals surface area (Å²) in [6, 6.07) is 0. The van der Waals surface area contributed by atoms with Crippen LogP contribution >= 0.6 is 0 Å². The van der Waals surface area contributed by atoms with Crippen molar-refractivity contribution in [1.82, 2.24) is 10.1 Å². The fourth-order valence-electron chi connectivity index (χ4n) is 3.05. The molecule has 5 nitrogen and oxygen atoms in total. The van der Waals surface area contributed by atoms with Crippen LogP contribution in [0, 0.1) is 11.8 Å². The van der Waals surface area contributed by atoms with Gasteiger partial charge in [0.05, 0.1) is 0 Å². The van der Waals surface area contributed by atoms with Crippen molar-refractivity contribution in [2.24, 2.45) is 11.8 Å². The van der Waals surface area contributed by atoms with Gasteiger partial charge in [0.1, 0.15) is 0 Å². The lowest BCUT2D eigenvalue weighted by atomic mass is 9.77. The third kappa shape index (κ3) is 4.27. The Morgan fingerprint density at radius 3 is 2.24 bits per heavy atom. The van der Waals surface area contributed by atoms with Crippen molar-refractivity contribution in [3.63, 3.8) is 0 Å². The normalized spacial score (nSPS) is 23.1. The molecule has 21 heavy (non-hydrogen) atoms. The monoisotopic (exact) mass is 296 g/mol. The minimum absolute atomic E-state index is 0.418. The van der Waals surface area contributed by atoms with E-state index in [0.29, 0.717) is 25.0 Å².